The number of halogens is 2. The Morgan fingerprint density at radius 3 is 1.25 bits per heavy atom. The van der Waals surface area contributed by atoms with E-state index < -0.39 is 0 Å². The first-order chi connectivity index (χ1) is 4.80. The lowest BCUT2D eigenvalue weighted by Gasteiger charge is -1.94. The minimum atomic E-state index is 0. The van der Waals surface area contributed by atoms with Crippen molar-refractivity contribution in [1.29, 1.82) is 0 Å². The van der Waals surface area contributed by atoms with Crippen molar-refractivity contribution in [2.75, 3.05) is 11.5 Å². The van der Waals surface area contributed by atoms with Crippen LogP contribution < -0.4 is 11.5 Å². The second-order valence-electron chi connectivity index (χ2n) is 1.63. The van der Waals surface area contributed by atoms with Crippen LogP contribution in [0.4, 0.5) is 11.4 Å². The highest BCUT2D eigenvalue weighted by atomic mass is 35.5. The van der Waals surface area contributed by atoms with E-state index in [9.17, 15) is 0 Å². The quantitative estimate of drug-likeness (QED) is 0.648. The highest BCUT2D eigenvalue weighted by molar-refractivity contribution is 5.85. The van der Waals surface area contributed by atoms with E-state index in [1.165, 1.54) is 0 Å². The molecule has 0 fully saturated rings. The zero-order valence-corrected chi connectivity index (χ0v) is 8.91. The fraction of sp³-hybridized carbons (Fsp3) is 0.250. The topological polar surface area (TPSA) is 52.0 Å². The molecule has 0 radical (unpaired) electrons. The van der Waals surface area contributed by atoms with Crippen molar-refractivity contribution < 1.29 is 0 Å². The van der Waals surface area contributed by atoms with Crippen LogP contribution in [0, 0.1) is 0 Å². The Labute approximate surface area is 86.2 Å². The van der Waals surface area contributed by atoms with Gasteiger partial charge in [0.15, 0.2) is 0 Å². The van der Waals surface area contributed by atoms with E-state index in [-0.39, 0.29) is 24.8 Å². The zero-order chi connectivity index (χ0) is 7.98. The molecule has 0 saturated heterocycles. The number of benzene rings is 1. The van der Waals surface area contributed by atoms with E-state index in [4.69, 9.17) is 11.5 Å². The van der Waals surface area contributed by atoms with Crippen LogP contribution in [0.3, 0.4) is 0 Å². The molecule has 1 aromatic carbocycles. The Morgan fingerprint density at radius 2 is 1.08 bits per heavy atom. The van der Waals surface area contributed by atoms with Crippen LogP contribution in [-0.2, 0) is 0 Å². The van der Waals surface area contributed by atoms with Crippen molar-refractivity contribution in [2.45, 2.75) is 13.8 Å². The molecule has 0 aliphatic heterocycles. The first-order valence-electron chi connectivity index (χ1n) is 3.40. The molecule has 0 bridgehead atoms. The van der Waals surface area contributed by atoms with Crippen LogP contribution in [0.25, 0.3) is 0 Å². The molecule has 0 spiro atoms. The van der Waals surface area contributed by atoms with Crippen LogP contribution in [0.2, 0.25) is 0 Å². The third kappa shape index (κ3) is 6.13. The lowest BCUT2D eigenvalue weighted by atomic mass is 10.3. The minimum absolute atomic E-state index is 0. The molecule has 0 atom stereocenters. The lowest BCUT2D eigenvalue weighted by Crippen LogP contribution is -1.91. The molecule has 1 aromatic rings. The van der Waals surface area contributed by atoms with E-state index >= 15 is 0 Å². The predicted molar refractivity (Wildman–Crippen MR) is 61.1 cm³/mol. The van der Waals surface area contributed by atoms with Crippen molar-refractivity contribution >= 4 is 36.2 Å². The molecule has 4 heteroatoms. The molecule has 4 N–H and O–H groups in total. The van der Waals surface area contributed by atoms with Gasteiger partial charge in [0.1, 0.15) is 0 Å². The van der Waals surface area contributed by atoms with Crippen molar-refractivity contribution in [1.82, 2.24) is 0 Å². The van der Waals surface area contributed by atoms with Gasteiger partial charge >= 0.3 is 0 Å². The van der Waals surface area contributed by atoms with E-state index in [2.05, 4.69) is 0 Å². The van der Waals surface area contributed by atoms with E-state index in [1.807, 2.05) is 26.0 Å². The number of para-hydroxylation sites is 2. The first kappa shape index (κ1) is 17.5. The summed E-state index contributed by atoms with van der Waals surface area (Å²) in [5.74, 6) is 0. The summed E-state index contributed by atoms with van der Waals surface area (Å²) in [7, 11) is 0. The third-order valence-electron chi connectivity index (χ3n) is 0.996. The highest BCUT2D eigenvalue weighted by Gasteiger charge is 1.85. The summed E-state index contributed by atoms with van der Waals surface area (Å²) in [6, 6.07) is 7.25. The van der Waals surface area contributed by atoms with Gasteiger partial charge in [0, 0.05) is 0 Å². The Hall–Kier alpha value is -0.600. The summed E-state index contributed by atoms with van der Waals surface area (Å²) in [6.45, 7) is 4.00. The monoisotopic (exact) mass is 210 g/mol. The Morgan fingerprint density at radius 1 is 0.833 bits per heavy atom. The summed E-state index contributed by atoms with van der Waals surface area (Å²) in [4.78, 5) is 0. The van der Waals surface area contributed by atoms with Gasteiger partial charge in [-0.25, -0.2) is 0 Å². The van der Waals surface area contributed by atoms with Crippen LogP contribution in [0.15, 0.2) is 24.3 Å². The van der Waals surface area contributed by atoms with Gasteiger partial charge in [0.2, 0.25) is 0 Å². The normalized spacial score (nSPS) is 6.50. The SMILES string of the molecule is CC.Cl.Cl.Nc1ccccc1N. The maximum absolute atomic E-state index is 5.39. The molecule has 72 valence electrons. The van der Waals surface area contributed by atoms with Gasteiger partial charge in [0.25, 0.3) is 0 Å². The molecule has 0 unspecified atom stereocenters. The molecule has 0 aliphatic carbocycles. The maximum Gasteiger partial charge on any atom is 0.0547 e. The summed E-state index contributed by atoms with van der Waals surface area (Å²) < 4.78 is 0. The second kappa shape index (κ2) is 10.4. The molecule has 0 heterocycles. The number of nitrogens with two attached hydrogens (primary N) is 2. The van der Waals surface area contributed by atoms with Gasteiger partial charge in [-0.2, -0.15) is 0 Å². The summed E-state index contributed by atoms with van der Waals surface area (Å²) in [5, 5.41) is 0. The van der Waals surface area contributed by atoms with Gasteiger partial charge in [0.05, 0.1) is 11.4 Å². The molecular formula is C8H16Cl2N2. The zero-order valence-electron chi connectivity index (χ0n) is 7.28. The number of hydrogen-bond donors (Lipinski definition) is 2. The van der Waals surface area contributed by atoms with Gasteiger partial charge in [-0.1, -0.05) is 26.0 Å². The smallest absolute Gasteiger partial charge is 0.0547 e. The highest BCUT2D eigenvalue weighted by Crippen LogP contribution is 2.10. The van der Waals surface area contributed by atoms with Crippen molar-refractivity contribution in [3.8, 4) is 0 Å². The van der Waals surface area contributed by atoms with Crippen LogP contribution in [-0.4, -0.2) is 0 Å². The van der Waals surface area contributed by atoms with Crippen LogP contribution >= 0.6 is 24.8 Å². The fourth-order valence-corrected chi connectivity index (χ4v) is 0.511. The summed E-state index contributed by atoms with van der Waals surface area (Å²) >= 11 is 0. The largest absolute Gasteiger partial charge is 0.397 e. The molecule has 12 heavy (non-hydrogen) atoms. The van der Waals surface area contributed by atoms with Crippen molar-refractivity contribution in [3.63, 3.8) is 0 Å². The lowest BCUT2D eigenvalue weighted by molar-refractivity contribution is 1.50. The second-order valence-corrected chi connectivity index (χ2v) is 1.63. The van der Waals surface area contributed by atoms with E-state index in [0.717, 1.165) is 0 Å². The number of rotatable bonds is 0. The summed E-state index contributed by atoms with van der Waals surface area (Å²) in [6.07, 6.45) is 0. The molecule has 0 aliphatic rings. The fourth-order valence-electron chi connectivity index (χ4n) is 0.511. The number of hydrogen-bond acceptors (Lipinski definition) is 2. The predicted octanol–water partition coefficient (Wildman–Crippen LogP) is 2.72. The molecular weight excluding hydrogens is 195 g/mol. The Bertz CT molecular complexity index is 171. The van der Waals surface area contributed by atoms with Gasteiger partial charge in [-0.05, 0) is 12.1 Å². The average Bonchev–Trinajstić information content (AvgIpc) is 2.00. The third-order valence-corrected chi connectivity index (χ3v) is 0.996. The maximum atomic E-state index is 5.39. The molecule has 0 amide bonds. The van der Waals surface area contributed by atoms with Gasteiger partial charge in [-0.15, -0.1) is 24.8 Å². The molecule has 0 saturated carbocycles. The van der Waals surface area contributed by atoms with Gasteiger partial charge < -0.3 is 11.5 Å². The molecule has 1 rings (SSSR count). The minimum Gasteiger partial charge on any atom is -0.397 e. The van der Waals surface area contributed by atoms with Crippen LogP contribution in [0.1, 0.15) is 13.8 Å². The standard InChI is InChI=1S/C6H8N2.C2H6.2ClH/c7-5-3-1-2-4-6(5)8;1-2;;/h1-4H,7-8H2;1-2H3;2*1H. The van der Waals surface area contributed by atoms with Crippen LogP contribution in [0.5, 0.6) is 0 Å². The van der Waals surface area contributed by atoms with Gasteiger partial charge in [-0.3, -0.25) is 0 Å². The number of anilines is 2. The summed E-state index contributed by atoms with van der Waals surface area (Å²) in [5.41, 5.74) is 12.1. The van der Waals surface area contributed by atoms with E-state index in [1.54, 1.807) is 12.1 Å². The van der Waals surface area contributed by atoms with Crippen molar-refractivity contribution in [3.05, 3.63) is 24.3 Å². The molecule has 2 nitrogen and oxygen atoms in total. The van der Waals surface area contributed by atoms with Crippen molar-refractivity contribution in [2.24, 2.45) is 0 Å². The first-order valence-corrected chi connectivity index (χ1v) is 3.40. The Balaban J connectivity index is -0.000000189. The Kier molecular flexibility index (Phi) is 15.1. The average molecular weight is 211 g/mol. The number of nitrogen functional groups attached to an aromatic ring is 2. The molecule has 0 aromatic heterocycles. The van der Waals surface area contributed by atoms with E-state index in [0.29, 0.717) is 11.4 Å².